The Balaban J connectivity index is 0.00000144. The van der Waals surface area contributed by atoms with E-state index in [9.17, 15) is 0 Å². The van der Waals surface area contributed by atoms with Gasteiger partial charge in [0.05, 0.1) is 10.0 Å². The van der Waals surface area contributed by atoms with E-state index in [1.807, 2.05) is 24.3 Å². The number of anilines is 1. The number of pyridine rings is 1. The monoisotopic (exact) mass is 324 g/mol. The standard InChI is InChI=1S/C12H10Cl2N2.2ClH/c13-11-2-1-9(7-12(11)14)8-16-10-3-5-15-6-4-10;;/h1-7H,8H2,(H,15,16);2*1H. The molecule has 0 aliphatic heterocycles. The molecule has 1 aromatic carbocycles. The van der Waals surface area contributed by atoms with Crippen molar-refractivity contribution in [3.63, 3.8) is 0 Å². The van der Waals surface area contributed by atoms with E-state index >= 15 is 0 Å². The average molecular weight is 326 g/mol. The molecule has 1 aromatic heterocycles. The summed E-state index contributed by atoms with van der Waals surface area (Å²) in [7, 11) is 0. The smallest absolute Gasteiger partial charge is 0.0595 e. The zero-order valence-electron chi connectivity index (χ0n) is 9.27. The summed E-state index contributed by atoms with van der Waals surface area (Å²) < 4.78 is 0. The summed E-state index contributed by atoms with van der Waals surface area (Å²) in [6.07, 6.45) is 3.49. The minimum Gasteiger partial charge on any atom is -0.381 e. The molecule has 2 rings (SSSR count). The fourth-order valence-corrected chi connectivity index (χ4v) is 1.64. The van der Waals surface area contributed by atoms with Crippen molar-refractivity contribution in [2.45, 2.75) is 6.54 Å². The van der Waals surface area contributed by atoms with Crippen molar-refractivity contribution in [2.75, 3.05) is 5.32 Å². The third-order valence-electron chi connectivity index (χ3n) is 2.16. The van der Waals surface area contributed by atoms with E-state index in [1.165, 1.54) is 0 Å². The van der Waals surface area contributed by atoms with Crippen LogP contribution in [0.5, 0.6) is 0 Å². The largest absolute Gasteiger partial charge is 0.381 e. The van der Waals surface area contributed by atoms with Gasteiger partial charge in [-0.15, -0.1) is 24.8 Å². The highest BCUT2D eigenvalue weighted by Crippen LogP contribution is 2.22. The van der Waals surface area contributed by atoms with Crippen molar-refractivity contribution < 1.29 is 0 Å². The Labute approximate surface area is 129 Å². The molecule has 2 aromatic rings. The van der Waals surface area contributed by atoms with Crippen molar-refractivity contribution in [2.24, 2.45) is 0 Å². The first-order valence-corrected chi connectivity index (χ1v) is 5.59. The maximum absolute atomic E-state index is 5.93. The zero-order chi connectivity index (χ0) is 11.4. The number of nitrogens with zero attached hydrogens (tertiary/aromatic N) is 1. The van der Waals surface area contributed by atoms with E-state index in [0.717, 1.165) is 11.3 Å². The molecule has 0 fully saturated rings. The van der Waals surface area contributed by atoms with Gasteiger partial charge in [0.25, 0.3) is 0 Å². The molecule has 1 heterocycles. The quantitative estimate of drug-likeness (QED) is 0.873. The molecule has 0 saturated heterocycles. The minimum absolute atomic E-state index is 0. The molecule has 0 radical (unpaired) electrons. The first-order valence-electron chi connectivity index (χ1n) is 4.83. The van der Waals surface area contributed by atoms with Gasteiger partial charge in [-0.2, -0.15) is 0 Å². The van der Waals surface area contributed by atoms with E-state index in [4.69, 9.17) is 23.2 Å². The van der Waals surface area contributed by atoms with Gasteiger partial charge in [0.1, 0.15) is 0 Å². The highest BCUT2D eigenvalue weighted by Gasteiger charge is 1.99. The fourth-order valence-electron chi connectivity index (χ4n) is 1.32. The number of nitrogens with one attached hydrogen (secondary N) is 1. The van der Waals surface area contributed by atoms with Crippen molar-refractivity contribution in [1.82, 2.24) is 4.98 Å². The van der Waals surface area contributed by atoms with Crippen LogP contribution in [0.4, 0.5) is 5.69 Å². The summed E-state index contributed by atoms with van der Waals surface area (Å²) in [5.41, 5.74) is 2.12. The van der Waals surface area contributed by atoms with Crippen LogP contribution in [0.15, 0.2) is 42.7 Å². The maximum Gasteiger partial charge on any atom is 0.0595 e. The summed E-state index contributed by atoms with van der Waals surface area (Å²) in [6.45, 7) is 0.709. The molecule has 98 valence electrons. The Hall–Kier alpha value is -0.670. The minimum atomic E-state index is 0. The third kappa shape index (κ3) is 4.91. The van der Waals surface area contributed by atoms with E-state index in [2.05, 4.69) is 10.3 Å². The number of hydrogen-bond acceptors (Lipinski definition) is 2. The van der Waals surface area contributed by atoms with Crippen LogP contribution in [0, 0.1) is 0 Å². The predicted octanol–water partition coefficient (Wildman–Crippen LogP) is 4.84. The van der Waals surface area contributed by atoms with E-state index in [-0.39, 0.29) is 24.8 Å². The van der Waals surface area contributed by atoms with Crippen LogP contribution >= 0.6 is 48.0 Å². The van der Waals surface area contributed by atoms with Gasteiger partial charge in [-0.25, -0.2) is 0 Å². The summed E-state index contributed by atoms with van der Waals surface area (Å²) in [4.78, 5) is 3.95. The average Bonchev–Trinajstić information content (AvgIpc) is 2.32. The summed E-state index contributed by atoms with van der Waals surface area (Å²) in [6, 6.07) is 9.43. The number of halogens is 4. The summed E-state index contributed by atoms with van der Waals surface area (Å²) in [5.74, 6) is 0. The van der Waals surface area contributed by atoms with Crippen LogP contribution in [-0.4, -0.2) is 4.98 Å². The molecular weight excluding hydrogens is 314 g/mol. The lowest BCUT2D eigenvalue weighted by atomic mass is 10.2. The summed E-state index contributed by atoms with van der Waals surface area (Å²) in [5, 5.41) is 4.42. The Morgan fingerprint density at radius 2 is 1.61 bits per heavy atom. The van der Waals surface area contributed by atoms with E-state index in [0.29, 0.717) is 16.6 Å². The van der Waals surface area contributed by atoms with Crippen LogP contribution in [-0.2, 0) is 6.54 Å². The molecule has 1 N–H and O–H groups in total. The van der Waals surface area contributed by atoms with Gasteiger partial charge in [0, 0.05) is 24.6 Å². The van der Waals surface area contributed by atoms with Crippen molar-refractivity contribution in [3.05, 3.63) is 58.3 Å². The van der Waals surface area contributed by atoms with Crippen LogP contribution in [0.25, 0.3) is 0 Å². The first-order chi connectivity index (χ1) is 7.75. The molecule has 0 atom stereocenters. The second kappa shape index (κ2) is 8.44. The van der Waals surface area contributed by atoms with Crippen LogP contribution in [0.3, 0.4) is 0 Å². The van der Waals surface area contributed by atoms with Crippen molar-refractivity contribution in [3.8, 4) is 0 Å². The van der Waals surface area contributed by atoms with Gasteiger partial charge in [-0.1, -0.05) is 29.3 Å². The first kappa shape index (κ1) is 17.3. The third-order valence-corrected chi connectivity index (χ3v) is 2.90. The fraction of sp³-hybridized carbons (Fsp3) is 0.0833. The lowest BCUT2D eigenvalue weighted by Crippen LogP contribution is -1.99. The molecule has 0 saturated carbocycles. The molecular formula is C12H12Cl4N2. The van der Waals surface area contributed by atoms with E-state index in [1.54, 1.807) is 18.5 Å². The maximum atomic E-state index is 5.93. The van der Waals surface area contributed by atoms with Gasteiger partial charge >= 0.3 is 0 Å². The lowest BCUT2D eigenvalue weighted by molar-refractivity contribution is 1.14. The molecule has 0 bridgehead atoms. The van der Waals surface area contributed by atoms with Crippen molar-refractivity contribution >= 4 is 53.7 Å². The van der Waals surface area contributed by atoms with Crippen LogP contribution < -0.4 is 5.32 Å². The predicted molar refractivity (Wildman–Crippen MR) is 82.5 cm³/mol. The van der Waals surface area contributed by atoms with Gasteiger partial charge in [-0.3, -0.25) is 4.98 Å². The number of benzene rings is 1. The van der Waals surface area contributed by atoms with E-state index < -0.39 is 0 Å². The van der Waals surface area contributed by atoms with Crippen LogP contribution in [0.1, 0.15) is 5.56 Å². The number of hydrogen-bond donors (Lipinski definition) is 1. The molecule has 0 aliphatic carbocycles. The van der Waals surface area contributed by atoms with Gasteiger partial charge in [-0.05, 0) is 29.8 Å². The van der Waals surface area contributed by atoms with Gasteiger partial charge in [0.2, 0.25) is 0 Å². The normalized spacial score (nSPS) is 9.00. The molecule has 2 nitrogen and oxygen atoms in total. The highest BCUT2D eigenvalue weighted by molar-refractivity contribution is 6.42. The Bertz CT molecular complexity index is 477. The molecule has 0 spiro atoms. The molecule has 0 aliphatic rings. The molecule has 0 unspecified atom stereocenters. The zero-order valence-corrected chi connectivity index (χ0v) is 12.4. The SMILES string of the molecule is Cl.Cl.Clc1ccc(CNc2ccncc2)cc1Cl. The second-order valence-corrected chi connectivity index (χ2v) is 4.15. The van der Waals surface area contributed by atoms with Crippen LogP contribution in [0.2, 0.25) is 10.0 Å². The Morgan fingerprint density at radius 3 is 2.22 bits per heavy atom. The van der Waals surface area contributed by atoms with Gasteiger partial charge < -0.3 is 5.32 Å². The highest BCUT2D eigenvalue weighted by atomic mass is 35.5. The molecule has 18 heavy (non-hydrogen) atoms. The summed E-state index contributed by atoms with van der Waals surface area (Å²) >= 11 is 11.8. The number of rotatable bonds is 3. The topological polar surface area (TPSA) is 24.9 Å². The van der Waals surface area contributed by atoms with Crippen molar-refractivity contribution in [1.29, 1.82) is 0 Å². The molecule has 0 amide bonds. The molecule has 6 heteroatoms. The lowest BCUT2D eigenvalue weighted by Gasteiger charge is -2.06. The Morgan fingerprint density at radius 1 is 0.944 bits per heavy atom. The van der Waals surface area contributed by atoms with Gasteiger partial charge in [0.15, 0.2) is 0 Å². The second-order valence-electron chi connectivity index (χ2n) is 3.34. The Kier molecular flexibility index (Phi) is 8.12. The number of aromatic nitrogens is 1.